The third kappa shape index (κ3) is 4.01. The number of carbonyl (C=O) groups is 1. The molecule has 5 rings (SSSR count). The predicted molar refractivity (Wildman–Crippen MR) is 137 cm³/mol. The fourth-order valence-corrected chi connectivity index (χ4v) is 5.69. The Balaban J connectivity index is 1.60. The molecule has 0 aliphatic carbocycles. The summed E-state index contributed by atoms with van der Waals surface area (Å²) in [5, 5.41) is 0.0817. The van der Waals surface area contributed by atoms with Crippen LogP contribution in [0.15, 0.2) is 72.0 Å². The van der Waals surface area contributed by atoms with Crippen molar-refractivity contribution in [3.8, 4) is 11.1 Å². The Kier molecular flexibility index (Phi) is 5.79. The van der Waals surface area contributed by atoms with Crippen molar-refractivity contribution in [3.63, 3.8) is 0 Å². The van der Waals surface area contributed by atoms with Crippen LogP contribution in [0.3, 0.4) is 0 Å². The molecule has 4 aromatic rings. The van der Waals surface area contributed by atoms with Gasteiger partial charge in [-0.1, -0.05) is 47.5 Å². The number of amides is 1. The quantitative estimate of drug-likeness (QED) is 0.348. The molecule has 0 radical (unpaired) electrons. The van der Waals surface area contributed by atoms with Crippen molar-refractivity contribution in [2.24, 2.45) is 0 Å². The highest BCUT2D eigenvalue weighted by atomic mass is 35.5. The van der Waals surface area contributed by atoms with Crippen molar-refractivity contribution >= 4 is 56.7 Å². The molecule has 1 unspecified atom stereocenters. The third-order valence-corrected chi connectivity index (χ3v) is 7.34. The molecule has 184 valence electrons. The maximum Gasteiger partial charge on any atom is 0.312 e. The number of imidazole rings is 1. The summed E-state index contributed by atoms with van der Waals surface area (Å²) >= 11 is 12.3. The van der Waals surface area contributed by atoms with E-state index in [1.165, 1.54) is 27.7 Å². The Morgan fingerprint density at radius 2 is 1.72 bits per heavy atom. The number of fused-ring (bicyclic) bond motifs is 1. The van der Waals surface area contributed by atoms with Crippen molar-refractivity contribution in [1.29, 1.82) is 0 Å². The van der Waals surface area contributed by atoms with E-state index < -0.39 is 26.6 Å². The minimum absolute atomic E-state index is 0.0215. The van der Waals surface area contributed by atoms with Crippen LogP contribution < -0.4 is 10.6 Å². The first kappa shape index (κ1) is 24.3. The van der Waals surface area contributed by atoms with Gasteiger partial charge < -0.3 is 5.73 Å². The number of rotatable bonds is 5. The monoisotopic (exact) mass is 543 g/mol. The Morgan fingerprint density at radius 3 is 2.33 bits per heavy atom. The molecule has 1 aliphatic rings. The van der Waals surface area contributed by atoms with Gasteiger partial charge in [-0.05, 0) is 48.4 Å². The second-order valence-corrected chi connectivity index (χ2v) is 10.8. The number of nitrogens with two attached hydrogens (primary N) is 1. The maximum atomic E-state index is 13.9. The first-order chi connectivity index (χ1) is 17.0. The van der Waals surface area contributed by atoms with Crippen molar-refractivity contribution in [2.45, 2.75) is 23.9 Å². The van der Waals surface area contributed by atoms with E-state index in [2.05, 4.69) is 9.97 Å². The molecule has 1 aliphatic heterocycles. The van der Waals surface area contributed by atoms with Crippen molar-refractivity contribution in [1.82, 2.24) is 14.5 Å². The van der Waals surface area contributed by atoms with Crippen LogP contribution in [0.4, 0.5) is 17.5 Å². The number of anilines is 3. The average molecular weight is 544 g/mol. The number of nitrogens with zero attached hydrogens (tertiary/aromatic N) is 4. The first-order valence-corrected chi connectivity index (χ1v) is 12.8. The largest absolute Gasteiger partial charge is 0.383 e. The lowest BCUT2D eigenvalue weighted by molar-refractivity contribution is -0.124. The molecule has 0 saturated carbocycles. The highest BCUT2D eigenvalue weighted by Gasteiger charge is 2.51. The topological polar surface area (TPSA) is 131 Å². The number of hydrogen-bond acceptors (Lipinski definition) is 6. The molecule has 9 nitrogen and oxygen atoms in total. The van der Waals surface area contributed by atoms with Crippen LogP contribution in [-0.2, 0) is 26.9 Å². The Bertz CT molecular complexity index is 1600. The van der Waals surface area contributed by atoms with Gasteiger partial charge in [-0.25, -0.2) is 14.9 Å². The molecule has 0 saturated heterocycles. The van der Waals surface area contributed by atoms with E-state index in [9.17, 15) is 17.8 Å². The van der Waals surface area contributed by atoms with Gasteiger partial charge in [0.05, 0.1) is 11.9 Å². The van der Waals surface area contributed by atoms with Crippen LogP contribution in [0.5, 0.6) is 0 Å². The second-order valence-electron chi connectivity index (χ2n) is 8.56. The summed E-state index contributed by atoms with van der Waals surface area (Å²) in [5.41, 5.74) is 7.20. The molecule has 1 atom stereocenters. The number of nitrogen functional groups attached to an aromatic ring is 1. The molecule has 12 heteroatoms. The van der Waals surface area contributed by atoms with Crippen molar-refractivity contribution < 1.29 is 17.8 Å². The predicted octanol–water partition coefficient (Wildman–Crippen LogP) is 4.72. The molecule has 0 spiro atoms. The SMILES string of the molecule is CC1(Cc2ccc(-c3cccnc3N)cc2)C(=O)N(c2cc(Cl)cc(Cl)c2)c2ncc(S(=O)(=O)O)n21. The number of pyridine rings is 1. The van der Waals surface area contributed by atoms with Crippen LogP contribution in [0.2, 0.25) is 10.0 Å². The van der Waals surface area contributed by atoms with Crippen LogP contribution in [0, 0.1) is 0 Å². The number of halogens is 2. The third-order valence-electron chi connectivity index (χ3n) is 6.09. The van der Waals surface area contributed by atoms with Gasteiger partial charge in [-0.2, -0.15) is 8.42 Å². The highest BCUT2D eigenvalue weighted by molar-refractivity contribution is 7.85. The van der Waals surface area contributed by atoms with Crippen LogP contribution in [-0.4, -0.2) is 33.4 Å². The molecule has 2 aromatic heterocycles. The van der Waals surface area contributed by atoms with Gasteiger partial charge in [-0.15, -0.1) is 0 Å². The minimum atomic E-state index is -4.69. The van der Waals surface area contributed by atoms with Gasteiger partial charge in [0, 0.05) is 28.2 Å². The standard InChI is InChI=1S/C24H19Cl2N5O4S/c1-24(12-14-4-6-15(7-5-14)19-3-2-8-28-21(19)27)22(32)30(18-10-16(25)9-17(26)11-18)23-29-13-20(31(23)24)36(33,34)35/h2-11,13H,12H2,1H3,(H2,27,28)(H,33,34,35). The molecular formula is C24H19Cl2N5O4S. The number of aromatic nitrogens is 3. The average Bonchev–Trinajstić information content (AvgIpc) is 3.33. The molecule has 2 aromatic carbocycles. The molecule has 1 amide bonds. The summed E-state index contributed by atoms with van der Waals surface area (Å²) in [7, 11) is -4.69. The van der Waals surface area contributed by atoms with E-state index in [1.54, 1.807) is 19.2 Å². The van der Waals surface area contributed by atoms with Crippen molar-refractivity contribution in [3.05, 3.63) is 82.6 Å². The summed E-state index contributed by atoms with van der Waals surface area (Å²) in [6, 6.07) is 15.5. The second kappa shape index (κ2) is 8.59. The lowest BCUT2D eigenvalue weighted by Gasteiger charge is -2.26. The fraction of sp³-hybridized carbons (Fsp3) is 0.125. The van der Waals surface area contributed by atoms with Crippen LogP contribution >= 0.6 is 23.2 Å². The zero-order valence-corrected chi connectivity index (χ0v) is 21.1. The van der Waals surface area contributed by atoms with Gasteiger partial charge >= 0.3 is 10.1 Å². The maximum absolute atomic E-state index is 13.9. The normalized spacial score (nSPS) is 17.4. The zero-order chi connectivity index (χ0) is 25.8. The van der Waals surface area contributed by atoms with Crippen LogP contribution in [0.1, 0.15) is 12.5 Å². The summed E-state index contributed by atoms with van der Waals surface area (Å²) in [4.78, 5) is 23.4. The van der Waals surface area contributed by atoms with E-state index in [-0.39, 0.29) is 22.4 Å². The smallest absolute Gasteiger partial charge is 0.312 e. The van der Waals surface area contributed by atoms with Gasteiger partial charge in [0.15, 0.2) is 5.03 Å². The Labute approximate surface area is 216 Å². The summed E-state index contributed by atoms with van der Waals surface area (Å²) in [6.45, 7) is 1.59. The molecular weight excluding hydrogens is 525 g/mol. The summed E-state index contributed by atoms with van der Waals surface area (Å²) < 4.78 is 35.5. The van der Waals surface area contributed by atoms with E-state index in [1.807, 2.05) is 30.3 Å². The minimum Gasteiger partial charge on any atom is -0.383 e. The fourth-order valence-electron chi connectivity index (χ4n) is 4.47. The summed E-state index contributed by atoms with van der Waals surface area (Å²) in [6.07, 6.45) is 2.72. The lowest BCUT2D eigenvalue weighted by Crippen LogP contribution is -2.41. The van der Waals surface area contributed by atoms with Gasteiger partial charge in [-0.3, -0.25) is 13.9 Å². The van der Waals surface area contributed by atoms with E-state index in [0.717, 1.165) is 22.9 Å². The molecule has 36 heavy (non-hydrogen) atoms. The Hall–Kier alpha value is -3.44. The number of benzene rings is 2. The van der Waals surface area contributed by atoms with E-state index in [4.69, 9.17) is 28.9 Å². The van der Waals surface area contributed by atoms with Crippen LogP contribution in [0.25, 0.3) is 11.1 Å². The van der Waals surface area contributed by atoms with E-state index in [0.29, 0.717) is 11.5 Å². The number of hydrogen-bond donors (Lipinski definition) is 2. The zero-order valence-electron chi connectivity index (χ0n) is 18.8. The highest BCUT2D eigenvalue weighted by Crippen LogP contribution is 2.44. The van der Waals surface area contributed by atoms with Crippen molar-refractivity contribution in [2.75, 3.05) is 10.6 Å². The van der Waals surface area contributed by atoms with Gasteiger partial charge in [0.2, 0.25) is 5.95 Å². The molecule has 3 heterocycles. The molecule has 3 N–H and O–H groups in total. The summed E-state index contributed by atoms with van der Waals surface area (Å²) in [5.74, 6) is -0.0533. The first-order valence-electron chi connectivity index (χ1n) is 10.7. The Morgan fingerprint density at radius 1 is 1.06 bits per heavy atom. The van der Waals surface area contributed by atoms with Gasteiger partial charge in [0.1, 0.15) is 11.4 Å². The molecule has 0 bridgehead atoms. The van der Waals surface area contributed by atoms with Gasteiger partial charge in [0.25, 0.3) is 5.91 Å². The van der Waals surface area contributed by atoms with E-state index >= 15 is 0 Å². The molecule has 0 fully saturated rings. The number of carbonyl (C=O) groups excluding carboxylic acids is 1. The lowest BCUT2D eigenvalue weighted by atomic mass is 9.91.